The fourth-order valence-electron chi connectivity index (χ4n) is 0.731. The summed E-state index contributed by atoms with van der Waals surface area (Å²) < 4.78 is 0. The summed E-state index contributed by atoms with van der Waals surface area (Å²) in [6.45, 7) is 0.464. The van der Waals surface area contributed by atoms with E-state index in [4.69, 9.17) is 11.5 Å². The maximum absolute atomic E-state index is 5.63. The summed E-state index contributed by atoms with van der Waals surface area (Å²) in [5, 5.41) is 0. The highest BCUT2D eigenvalue weighted by molar-refractivity contribution is 5.85. The Bertz CT molecular complexity index is 190. The molecular formula is C7H12ClN3. The van der Waals surface area contributed by atoms with Crippen molar-refractivity contribution in [1.82, 2.24) is 4.98 Å². The highest BCUT2D eigenvalue weighted by Crippen LogP contribution is 2.04. The van der Waals surface area contributed by atoms with Crippen LogP contribution >= 0.6 is 12.4 Å². The lowest BCUT2D eigenvalue weighted by atomic mass is 10.1. The Morgan fingerprint density at radius 1 is 1.55 bits per heavy atom. The van der Waals surface area contributed by atoms with Crippen LogP contribution < -0.4 is 11.5 Å². The molecule has 1 rings (SSSR count). The lowest BCUT2D eigenvalue weighted by Gasteiger charge is -2.06. The smallest absolute Gasteiger partial charge is 0.0434 e. The minimum absolute atomic E-state index is 0. The van der Waals surface area contributed by atoms with Gasteiger partial charge in [-0.1, -0.05) is 6.07 Å². The molecule has 4 heteroatoms. The monoisotopic (exact) mass is 173 g/mol. The highest BCUT2D eigenvalue weighted by atomic mass is 35.5. The molecule has 1 aromatic heterocycles. The minimum atomic E-state index is -0.0753. The molecule has 0 spiro atoms. The van der Waals surface area contributed by atoms with Crippen LogP contribution in [0.5, 0.6) is 0 Å². The van der Waals surface area contributed by atoms with Crippen LogP contribution in [0.3, 0.4) is 0 Å². The van der Waals surface area contributed by atoms with E-state index in [2.05, 4.69) is 4.98 Å². The zero-order chi connectivity index (χ0) is 7.40. The maximum Gasteiger partial charge on any atom is 0.0434 e. The molecule has 3 nitrogen and oxygen atoms in total. The van der Waals surface area contributed by atoms with Gasteiger partial charge in [-0.2, -0.15) is 0 Å². The molecule has 0 unspecified atom stereocenters. The number of hydrogen-bond donors (Lipinski definition) is 2. The Balaban J connectivity index is 0.000001000. The van der Waals surface area contributed by atoms with Crippen LogP contribution in [-0.4, -0.2) is 11.5 Å². The van der Waals surface area contributed by atoms with Crippen LogP contribution in [0, 0.1) is 0 Å². The van der Waals surface area contributed by atoms with E-state index < -0.39 is 0 Å². The van der Waals surface area contributed by atoms with Crippen LogP contribution in [0.25, 0.3) is 0 Å². The lowest BCUT2D eigenvalue weighted by molar-refractivity contribution is 0.733. The predicted molar refractivity (Wildman–Crippen MR) is 47.5 cm³/mol. The molecule has 0 aromatic carbocycles. The van der Waals surface area contributed by atoms with Crippen LogP contribution in [0.1, 0.15) is 11.6 Å². The van der Waals surface area contributed by atoms with Gasteiger partial charge in [0.2, 0.25) is 0 Å². The average Bonchev–Trinajstić information content (AvgIpc) is 2.05. The van der Waals surface area contributed by atoms with Crippen LogP contribution in [0.4, 0.5) is 0 Å². The molecule has 0 saturated heterocycles. The summed E-state index contributed by atoms with van der Waals surface area (Å²) in [6.07, 6.45) is 3.45. The van der Waals surface area contributed by atoms with Gasteiger partial charge in [0.05, 0.1) is 0 Å². The van der Waals surface area contributed by atoms with Gasteiger partial charge in [-0.05, 0) is 11.6 Å². The molecule has 0 amide bonds. The van der Waals surface area contributed by atoms with Crippen molar-refractivity contribution in [3.8, 4) is 0 Å². The van der Waals surface area contributed by atoms with E-state index >= 15 is 0 Å². The van der Waals surface area contributed by atoms with Crippen molar-refractivity contribution in [3.63, 3.8) is 0 Å². The number of nitrogens with zero attached hydrogens (tertiary/aromatic N) is 1. The number of nitrogens with two attached hydrogens (primary N) is 2. The average molecular weight is 174 g/mol. The molecule has 0 radical (unpaired) electrons. The number of aromatic nitrogens is 1. The first-order valence-corrected chi connectivity index (χ1v) is 3.20. The quantitative estimate of drug-likeness (QED) is 0.683. The zero-order valence-electron chi connectivity index (χ0n) is 6.10. The van der Waals surface area contributed by atoms with E-state index in [1.165, 1.54) is 0 Å². The summed E-state index contributed by atoms with van der Waals surface area (Å²) >= 11 is 0. The van der Waals surface area contributed by atoms with Crippen molar-refractivity contribution in [1.29, 1.82) is 0 Å². The van der Waals surface area contributed by atoms with Gasteiger partial charge in [0.25, 0.3) is 0 Å². The van der Waals surface area contributed by atoms with Gasteiger partial charge in [-0.25, -0.2) is 0 Å². The first-order valence-electron chi connectivity index (χ1n) is 3.20. The third kappa shape index (κ3) is 2.84. The van der Waals surface area contributed by atoms with Crippen molar-refractivity contribution < 1.29 is 0 Å². The van der Waals surface area contributed by atoms with Crippen molar-refractivity contribution >= 4 is 12.4 Å². The normalized spacial score (nSPS) is 11.8. The van der Waals surface area contributed by atoms with Gasteiger partial charge in [-0.3, -0.25) is 4.98 Å². The maximum atomic E-state index is 5.63. The standard InChI is InChI=1S/C7H11N3.ClH/c8-4-7(9)6-2-1-3-10-5-6;/h1-3,5,7H,4,8-9H2;1H/t7-;/m0./s1. The lowest BCUT2D eigenvalue weighted by Crippen LogP contribution is -2.20. The Hall–Kier alpha value is -0.640. The second-order valence-corrected chi connectivity index (χ2v) is 2.13. The Labute approximate surface area is 72.2 Å². The molecule has 4 N–H and O–H groups in total. The number of rotatable bonds is 2. The number of pyridine rings is 1. The molecular weight excluding hydrogens is 162 g/mol. The molecule has 62 valence electrons. The Kier molecular flexibility index (Phi) is 4.77. The van der Waals surface area contributed by atoms with Crippen LogP contribution in [-0.2, 0) is 0 Å². The molecule has 1 aromatic rings. The molecule has 0 aliphatic heterocycles. The highest BCUT2D eigenvalue weighted by Gasteiger charge is 2.00. The molecule has 0 saturated carbocycles. The minimum Gasteiger partial charge on any atom is -0.329 e. The van der Waals surface area contributed by atoms with E-state index in [0.29, 0.717) is 6.54 Å². The molecule has 0 bridgehead atoms. The molecule has 1 atom stereocenters. The molecule has 0 aliphatic rings. The third-order valence-corrected chi connectivity index (χ3v) is 1.37. The predicted octanol–water partition coefficient (Wildman–Crippen LogP) is 0.462. The second kappa shape index (κ2) is 5.07. The Morgan fingerprint density at radius 2 is 2.27 bits per heavy atom. The fraction of sp³-hybridized carbons (Fsp3) is 0.286. The van der Waals surface area contributed by atoms with Crippen LogP contribution in [0.15, 0.2) is 24.5 Å². The van der Waals surface area contributed by atoms with Crippen molar-refractivity contribution in [2.75, 3.05) is 6.54 Å². The van der Waals surface area contributed by atoms with Gasteiger partial charge in [0.1, 0.15) is 0 Å². The number of hydrogen-bond acceptors (Lipinski definition) is 3. The summed E-state index contributed by atoms with van der Waals surface area (Å²) in [7, 11) is 0. The molecule has 1 heterocycles. The topological polar surface area (TPSA) is 64.9 Å². The van der Waals surface area contributed by atoms with Gasteiger partial charge >= 0.3 is 0 Å². The van der Waals surface area contributed by atoms with Gasteiger partial charge in [0.15, 0.2) is 0 Å². The van der Waals surface area contributed by atoms with Crippen LogP contribution in [0.2, 0.25) is 0 Å². The van der Waals surface area contributed by atoms with E-state index in [-0.39, 0.29) is 18.4 Å². The Morgan fingerprint density at radius 3 is 2.73 bits per heavy atom. The summed E-state index contributed by atoms with van der Waals surface area (Å²) in [6, 6.07) is 3.70. The summed E-state index contributed by atoms with van der Waals surface area (Å²) in [4.78, 5) is 3.92. The van der Waals surface area contributed by atoms with Gasteiger partial charge in [-0.15, -0.1) is 12.4 Å². The number of halogens is 1. The van der Waals surface area contributed by atoms with E-state index in [1.807, 2.05) is 12.1 Å². The van der Waals surface area contributed by atoms with Gasteiger partial charge < -0.3 is 11.5 Å². The second-order valence-electron chi connectivity index (χ2n) is 2.13. The van der Waals surface area contributed by atoms with Gasteiger partial charge in [0, 0.05) is 25.0 Å². The van der Waals surface area contributed by atoms with E-state index in [9.17, 15) is 0 Å². The summed E-state index contributed by atoms with van der Waals surface area (Å²) in [5.41, 5.74) is 12.0. The van der Waals surface area contributed by atoms with E-state index in [0.717, 1.165) is 5.56 Å². The first kappa shape index (κ1) is 10.4. The van der Waals surface area contributed by atoms with Crippen molar-refractivity contribution in [2.45, 2.75) is 6.04 Å². The largest absolute Gasteiger partial charge is 0.329 e. The molecule has 11 heavy (non-hydrogen) atoms. The van der Waals surface area contributed by atoms with Crippen molar-refractivity contribution in [2.24, 2.45) is 11.5 Å². The third-order valence-electron chi connectivity index (χ3n) is 1.37. The van der Waals surface area contributed by atoms with E-state index in [1.54, 1.807) is 12.4 Å². The zero-order valence-corrected chi connectivity index (χ0v) is 6.92. The summed E-state index contributed by atoms with van der Waals surface area (Å²) in [5.74, 6) is 0. The molecule has 0 aliphatic carbocycles. The fourth-order valence-corrected chi connectivity index (χ4v) is 0.731. The van der Waals surface area contributed by atoms with Crippen molar-refractivity contribution in [3.05, 3.63) is 30.1 Å². The first-order chi connectivity index (χ1) is 4.84. The SMILES string of the molecule is Cl.NC[C@H](N)c1cccnc1. The molecule has 0 fully saturated rings.